The number of anilines is 3. The zero-order valence-electron chi connectivity index (χ0n) is 17.0. The van der Waals surface area contributed by atoms with Crippen LogP contribution in [0.1, 0.15) is 19.8 Å². The summed E-state index contributed by atoms with van der Waals surface area (Å²) in [6.07, 6.45) is 2.42. The molecule has 2 heterocycles. The molecule has 2 amide bonds. The second-order valence-corrected chi connectivity index (χ2v) is 7.06. The second kappa shape index (κ2) is 9.26. The van der Waals surface area contributed by atoms with Gasteiger partial charge in [-0.05, 0) is 56.2 Å². The van der Waals surface area contributed by atoms with E-state index in [4.69, 9.17) is 4.74 Å². The van der Waals surface area contributed by atoms with Crippen LogP contribution in [0.4, 0.5) is 22.0 Å². The lowest BCUT2D eigenvalue weighted by Gasteiger charge is -2.15. The van der Waals surface area contributed by atoms with Crippen molar-refractivity contribution in [1.82, 2.24) is 10.2 Å². The van der Waals surface area contributed by atoms with Crippen molar-refractivity contribution in [2.24, 2.45) is 0 Å². The van der Waals surface area contributed by atoms with Crippen molar-refractivity contribution in [3.63, 3.8) is 0 Å². The molecule has 4 rings (SSSR count). The van der Waals surface area contributed by atoms with Crippen LogP contribution in [0.5, 0.6) is 5.75 Å². The summed E-state index contributed by atoms with van der Waals surface area (Å²) in [5, 5.41) is 14.4. The summed E-state index contributed by atoms with van der Waals surface area (Å²) in [5.41, 5.74) is 3.07. The van der Waals surface area contributed by atoms with Gasteiger partial charge in [0.1, 0.15) is 5.75 Å². The quantitative estimate of drug-likeness (QED) is 0.619. The van der Waals surface area contributed by atoms with Gasteiger partial charge in [-0.3, -0.25) is 0 Å². The van der Waals surface area contributed by atoms with Crippen molar-refractivity contribution in [3.8, 4) is 17.0 Å². The molecule has 7 nitrogen and oxygen atoms in total. The maximum Gasteiger partial charge on any atom is 0.323 e. The minimum Gasteiger partial charge on any atom is -0.492 e. The van der Waals surface area contributed by atoms with E-state index in [0.717, 1.165) is 30.2 Å². The van der Waals surface area contributed by atoms with Gasteiger partial charge in [-0.1, -0.05) is 24.3 Å². The number of ether oxygens (including phenoxy) is 1. The largest absolute Gasteiger partial charge is 0.492 e. The predicted octanol–water partition coefficient (Wildman–Crippen LogP) is 4.79. The van der Waals surface area contributed by atoms with E-state index in [2.05, 4.69) is 25.7 Å². The number of urea groups is 1. The van der Waals surface area contributed by atoms with Crippen molar-refractivity contribution < 1.29 is 9.53 Å². The van der Waals surface area contributed by atoms with Crippen molar-refractivity contribution in [1.29, 1.82) is 0 Å². The first-order valence-corrected chi connectivity index (χ1v) is 10.2. The summed E-state index contributed by atoms with van der Waals surface area (Å²) < 4.78 is 5.54. The maximum atomic E-state index is 12.4. The first-order valence-electron chi connectivity index (χ1n) is 10.2. The molecule has 1 aromatic heterocycles. The number of aromatic nitrogens is 2. The Balaban J connectivity index is 1.38. The zero-order valence-corrected chi connectivity index (χ0v) is 17.0. The molecule has 154 valence electrons. The highest BCUT2D eigenvalue weighted by molar-refractivity contribution is 6.00. The van der Waals surface area contributed by atoms with Crippen LogP contribution in [-0.2, 0) is 0 Å². The first kappa shape index (κ1) is 19.7. The summed E-state index contributed by atoms with van der Waals surface area (Å²) in [6.45, 7) is 4.53. The van der Waals surface area contributed by atoms with Gasteiger partial charge in [0, 0.05) is 24.3 Å². The molecule has 30 heavy (non-hydrogen) atoms. The first-order chi connectivity index (χ1) is 14.7. The monoisotopic (exact) mass is 403 g/mol. The van der Waals surface area contributed by atoms with Crippen LogP contribution in [0, 0.1) is 0 Å². The Kier molecular flexibility index (Phi) is 6.08. The maximum absolute atomic E-state index is 12.4. The van der Waals surface area contributed by atoms with Gasteiger partial charge >= 0.3 is 6.03 Å². The Hall–Kier alpha value is -3.61. The molecule has 0 bridgehead atoms. The van der Waals surface area contributed by atoms with E-state index < -0.39 is 0 Å². The van der Waals surface area contributed by atoms with Crippen molar-refractivity contribution in [2.75, 3.05) is 35.2 Å². The minimum absolute atomic E-state index is 0.329. The van der Waals surface area contributed by atoms with Gasteiger partial charge in [0.25, 0.3) is 0 Å². The third-order valence-electron chi connectivity index (χ3n) is 4.95. The second-order valence-electron chi connectivity index (χ2n) is 7.06. The fraction of sp³-hybridized carbons (Fsp3) is 0.261. The summed E-state index contributed by atoms with van der Waals surface area (Å²) in [6, 6.07) is 18.6. The van der Waals surface area contributed by atoms with Gasteiger partial charge in [-0.15, -0.1) is 10.2 Å². The molecular formula is C23H25N5O2. The van der Waals surface area contributed by atoms with Crippen LogP contribution in [0.3, 0.4) is 0 Å². The molecule has 2 N–H and O–H groups in total. The van der Waals surface area contributed by atoms with Crippen LogP contribution in [0.15, 0.2) is 60.7 Å². The Labute approximate surface area is 176 Å². The molecule has 0 radical (unpaired) electrons. The summed E-state index contributed by atoms with van der Waals surface area (Å²) >= 11 is 0. The Morgan fingerprint density at radius 1 is 0.967 bits per heavy atom. The van der Waals surface area contributed by atoms with Gasteiger partial charge in [0.15, 0.2) is 5.82 Å². The molecule has 1 saturated heterocycles. The van der Waals surface area contributed by atoms with Crippen LogP contribution in [0.25, 0.3) is 11.3 Å². The molecule has 1 aliphatic rings. The number of nitrogens with zero attached hydrogens (tertiary/aromatic N) is 3. The van der Waals surface area contributed by atoms with Gasteiger partial charge in [-0.25, -0.2) is 4.79 Å². The predicted molar refractivity (Wildman–Crippen MR) is 119 cm³/mol. The zero-order chi connectivity index (χ0) is 20.8. The number of carbonyl (C=O) groups excluding carboxylic acids is 1. The fourth-order valence-corrected chi connectivity index (χ4v) is 3.45. The summed E-state index contributed by atoms with van der Waals surface area (Å²) in [4.78, 5) is 14.6. The Morgan fingerprint density at radius 3 is 2.43 bits per heavy atom. The van der Waals surface area contributed by atoms with Crippen LogP contribution < -0.4 is 20.3 Å². The fourth-order valence-electron chi connectivity index (χ4n) is 3.45. The number of amides is 2. The van der Waals surface area contributed by atoms with Crippen molar-refractivity contribution >= 4 is 23.2 Å². The van der Waals surface area contributed by atoms with E-state index >= 15 is 0 Å². The van der Waals surface area contributed by atoms with Crippen LogP contribution in [-0.4, -0.2) is 35.9 Å². The van der Waals surface area contributed by atoms with E-state index in [1.807, 2.05) is 61.5 Å². The molecule has 0 saturated carbocycles. The van der Waals surface area contributed by atoms with E-state index in [0.29, 0.717) is 23.7 Å². The molecule has 0 spiro atoms. The molecule has 3 aromatic rings. The minimum atomic E-state index is -0.329. The highest BCUT2D eigenvalue weighted by Crippen LogP contribution is 2.25. The van der Waals surface area contributed by atoms with Crippen molar-refractivity contribution in [3.05, 3.63) is 60.7 Å². The Morgan fingerprint density at radius 2 is 1.73 bits per heavy atom. The number of rotatable bonds is 6. The van der Waals surface area contributed by atoms with Gasteiger partial charge in [-0.2, -0.15) is 0 Å². The van der Waals surface area contributed by atoms with Gasteiger partial charge in [0.2, 0.25) is 0 Å². The average Bonchev–Trinajstić information content (AvgIpc) is 3.31. The highest BCUT2D eigenvalue weighted by atomic mass is 16.5. The highest BCUT2D eigenvalue weighted by Gasteiger charge is 2.14. The summed E-state index contributed by atoms with van der Waals surface area (Å²) in [5.74, 6) is 1.57. The molecule has 2 aromatic carbocycles. The topological polar surface area (TPSA) is 79.4 Å². The van der Waals surface area contributed by atoms with Crippen LogP contribution >= 0.6 is 0 Å². The lowest BCUT2D eigenvalue weighted by molar-refractivity contribution is 0.262. The standard InChI is InChI=1S/C23H25N5O2/c1-2-30-21-8-4-3-7-20(21)25-23(29)24-18-11-9-17(10-12-18)19-13-14-22(27-26-19)28-15-5-6-16-28/h3-4,7-14H,2,5-6,15-16H2,1H3,(H2,24,25,29). The van der Waals surface area contributed by atoms with Crippen LogP contribution in [0.2, 0.25) is 0 Å². The molecule has 0 atom stereocenters. The summed E-state index contributed by atoms with van der Waals surface area (Å²) in [7, 11) is 0. The molecule has 7 heteroatoms. The number of benzene rings is 2. The van der Waals surface area contributed by atoms with E-state index in [-0.39, 0.29) is 6.03 Å². The Bertz CT molecular complexity index is 983. The number of nitrogens with one attached hydrogen (secondary N) is 2. The third kappa shape index (κ3) is 4.68. The lowest BCUT2D eigenvalue weighted by Crippen LogP contribution is -2.20. The third-order valence-corrected chi connectivity index (χ3v) is 4.95. The number of hydrogen-bond acceptors (Lipinski definition) is 5. The molecule has 1 fully saturated rings. The number of carbonyl (C=O) groups is 1. The van der Waals surface area contributed by atoms with E-state index in [1.54, 1.807) is 6.07 Å². The van der Waals surface area contributed by atoms with Crippen molar-refractivity contribution in [2.45, 2.75) is 19.8 Å². The lowest BCUT2D eigenvalue weighted by atomic mass is 10.1. The number of para-hydroxylation sites is 2. The molecule has 1 aliphatic heterocycles. The van der Waals surface area contributed by atoms with E-state index in [9.17, 15) is 4.79 Å². The van der Waals surface area contributed by atoms with E-state index in [1.165, 1.54) is 12.8 Å². The SMILES string of the molecule is CCOc1ccccc1NC(=O)Nc1ccc(-c2ccc(N3CCCC3)nn2)cc1. The molecule has 0 aliphatic carbocycles. The molecular weight excluding hydrogens is 378 g/mol. The van der Waals surface area contributed by atoms with Gasteiger partial charge < -0.3 is 20.3 Å². The smallest absolute Gasteiger partial charge is 0.323 e. The number of hydrogen-bond donors (Lipinski definition) is 2. The normalized spacial score (nSPS) is 13.2. The van der Waals surface area contributed by atoms with Gasteiger partial charge in [0.05, 0.1) is 18.0 Å². The average molecular weight is 403 g/mol. The molecule has 0 unspecified atom stereocenters.